The topological polar surface area (TPSA) is 83.3 Å². The largest absolute Gasteiger partial charge is 0.464 e. The van der Waals surface area contributed by atoms with Gasteiger partial charge in [0.1, 0.15) is 0 Å². The third kappa shape index (κ3) is 3.19. The minimum atomic E-state index is -0.752. The number of carbonyl (C=O) groups excluding carboxylic acids is 2. The van der Waals surface area contributed by atoms with Gasteiger partial charge in [-0.1, -0.05) is 28.9 Å². The van der Waals surface area contributed by atoms with Crippen molar-refractivity contribution < 1.29 is 19.1 Å². The van der Waals surface area contributed by atoms with Crippen LogP contribution in [0.2, 0.25) is 5.02 Å². The Morgan fingerprint density at radius 1 is 1.14 bits per heavy atom. The van der Waals surface area contributed by atoms with Crippen molar-refractivity contribution in [3.63, 3.8) is 0 Å². The van der Waals surface area contributed by atoms with E-state index in [4.69, 9.17) is 11.6 Å². The quantitative estimate of drug-likeness (QED) is 0.797. The van der Waals surface area contributed by atoms with Crippen molar-refractivity contribution in [1.29, 1.82) is 0 Å². The molecule has 0 atom stereocenters. The van der Waals surface area contributed by atoms with Crippen molar-refractivity contribution in [3.8, 4) is 0 Å². The summed E-state index contributed by atoms with van der Waals surface area (Å²) in [4.78, 5) is 23.4. The van der Waals surface area contributed by atoms with Gasteiger partial charge >= 0.3 is 11.9 Å². The van der Waals surface area contributed by atoms with Gasteiger partial charge in [0.25, 0.3) is 0 Å². The van der Waals surface area contributed by atoms with Crippen molar-refractivity contribution in [2.24, 2.45) is 0 Å². The minimum Gasteiger partial charge on any atom is -0.464 e. The summed E-state index contributed by atoms with van der Waals surface area (Å²) >= 11 is 5.81. The lowest BCUT2D eigenvalue weighted by atomic mass is 10.2. The van der Waals surface area contributed by atoms with E-state index >= 15 is 0 Å². The molecule has 0 saturated carbocycles. The van der Waals surface area contributed by atoms with Crippen molar-refractivity contribution in [2.75, 3.05) is 14.2 Å². The number of methoxy groups -OCH3 is 2. The first-order valence-electron chi connectivity index (χ1n) is 5.91. The summed E-state index contributed by atoms with van der Waals surface area (Å²) in [6, 6.07) is 6.99. The average Bonchev–Trinajstić information content (AvgIpc) is 2.91. The van der Waals surface area contributed by atoms with Gasteiger partial charge in [-0.05, 0) is 17.7 Å². The summed E-state index contributed by atoms with van der Waals surface area (Å²) in [6.07, 6.45) is 0. The van der Waals surface area contributed by atoms with Crippen LogP contribution in [0.3, 0.4) is 0 Å². The maximum absolute atomic E-state index is 11.8. The van der Waals surface area contributed by atoms with Gasteiger partial charge in [0.15, 0.2) is 5.69 Å². The van der Waals surface area contributed by atoms with Gasteiger partial charge in [0.2, 0.25) is 5.69 Å². The molecule has 0 amide bonds. The van der Waals surface area contributed by atoms with Crippen molar-refractivity contribution in [2.45, 2.75) is 6.54 Å². The molecule has 1 aromatic heterocycles. The Labute approximate surface area is 125 Å². The standard InChI is InChI=1S/C13H12ClN3O4/c1-20-12(18)10-11(13(19)21-2)17(16-15-10)7-8-3-5-9(14)6-4-8/h3-6H,7H2,1-2H3. The van der Waals surface area contributed by atoms with Crippen LogP contribution in [-0.2, 0) is 16.0 Å². The Morgan fingerprint density at radius 2 is 1.76 bits per heavy atom. The summed E-state index contributed by atoms with van der Waals surface area (Å²) in [7, 11) is 2.41. The SMILES string of the molecule is COC(=O)c1nnn(Cc2ccc(Cl)cc2)c1C(=O)OC. The molecule has 0 aliphatic carbocycles. The predicted octanol–water partition coefficient (Wildman–Crippen LogP) is 1.55. The van der Waals surface area contributed by atoms with E-state index in [2.05, 4.69) is 19.8 Å². The maximum Gasteiger partial charge on any atom is 0.361 e. The molecule has 7 nitrogen and oxygen atoms in total. The van der Waals surface area contributed by atoms with Crippen molar-refractivity contribution >= 4 is 23.5 Å². The molecule has 0 aliphatic heterocycles. The molecule has 8 heteroatoms. The molecule has 0 spiro atoms. The Kier molecular flexibility index (Phi) is 4.54. The molecule has 0 radical (unpaired) electrons. The van der Waals surface area contributed by atoms with E-state index in [0.29, 0.717) is 5.02 Å². The molecule has 1 aromatic carbocycles. The first-order chi connectivity index (χ1) is 10.1. The summed E-state index contributed by atoms with van der Waals surface area (Å²) < 4.78 is 10.5. The summed E-state index contributed by atoms with van der Waals surface area (Å²) in [5, 5.41) is 8.08. The monoisotopic (exact) mass is 309 g/mol. The molecule has 2 rings (SSSR count). The number of halogens is 1. The molecule has 21 heavy (non-hydrogen) atoms. The Morgan fingerprint density at radius 3 is 2.33 bits per heavy atom. The second-order valence-corrected chi connectivity index (χ2v) is 4.49. The van der Waals surface area contributed by atoms with E-state index in [9.17, 15) is 9.59 Å². The van der Waals surface area contributed by atoms with E-state index in [1.165, 1.54) is 18.9 Å². The number of rotatable bonds is 4. The molecular formula is C13H12ClN3O4. The normalized spacial score (nSPS) is 10.2. The summed E-state index contributed by atoms with van der Waals surface area (Å²) in [6.45, 7) is 0.242. The first-order valence-corrected chi connectivity index (χ1v) is 6.29. The van der Waals surface area contributed by atoms with Crippen molar-refractivity contribution in [3.05, 3.63) is 46.2 Å². The molecule has 0 saturated heterocycles. The Balaban J connectivity index is 2.39. The molecule has 110 valence electrons. The smallest absolute Gasteiger partial charge is 0.361 e. The molecule has 0 N–H and O–H groups in total. The van der Waals surface area contributed by atoms with E-state index < -0.39 is 11.9 Å². The van der Waals surface area contributed by atoms with E-state index in [-0.39, 0.29) is 17.9 Å². The van der Waals surface area contributed by atoms with Gasteiger partial charge in [-0.2, -0.15) is 0 Å². The molecule has 2 aromatic rings. The predicted molar refractivity (Wildman–Crippen MR) is 73.3 cm³/mol. The molecule has 1 heterocycles. The second kappa shape index (κ2) is 6.36. The van der Waals surface area contributed by atoms with E-state index in [1.807, 2.05) is 0 Å². The van der Waals surface area contributed by atoms with Crippen molar-refractivity contribution in [1.82, 2.24) is 15.0 Å². The van der Waals surface area contributed by atoms with Crippen LogP contribution in [-0.4, -0.2) is 41.2 Å². The number of hydrogen-bond donors (Lipinski definition) is 0. The lowest BCUT2D eigenvalue weighted by Gasteiger charge is -2.06. The Hall–Kier alpha value is -2.41. The number of aromatic nitrogens is 3. The number of benzene rings is 1. The fraction of sp³-hybridized carbons (Fsp3) is 0.231. The van der Waals surface area contributed by atoms with Crippen LogP contribution >= 0.6 is 11.6 Å². The highest BCUT2D eigenvalue weighted by Crippen LogP contribution is 2.14. The number of ether oxygens (including phenoxy) is 2. The Bertz CT molecular complexity index is 667. The van der Waals surface area contributed by atoms with Crippen LogP contribution in [0.1, 0.15) is 26.5 Å². The number of hydrogen-bond acceptors (Lipinski definition) is 6. The lowest BCUT2D eigenvalue weighted by Crippen LogP contribution is -2.17. The number of nitrogens with zero attached hydrogens (tertiary/aromatic N) is 3. The van der Waals surface area contributed by atoms with Crippen LogP contribution in [0.5, 0.6) is 0 Å². The highest BCUT2D eigenvalue weighted by Gasteiger charge is 2.26. The summed E-state index contributed by atoms with van der Waals surface area (Å²) in [5.41, 5.74) is 0.600. The van der Waals surface area contributed by atoms with Gasteiger partial charge in [0, 0.05) is 5.02 Å². The van der Waals surface area contributed by atoms with E-state index in [0.717, 1.165) is 5.56 Å². The molecule has 0 unspecified atom stereocenters. The number of carbonyl (C=O) groups is 2. The summed E-state index contributed by atoms with van der Waals surface area (Å²) in [5.74, 6) is -1.47. The van der Waals surface area contributed by atoms with Crippen LogP contribution in [0, 0.1) is 0 Å². The van der Waals surface area contributed by atoms with Gasteiger partial charge in [-0.15, -0.1) is 5.10 Å². The maximum atomic E-state index is 11.8. The van der Waals surface area contributed by atoms with Gasteiger partial charge < -0.3 is 9.47 Å². The number of esters is 2. The molecular weight excluding hydrogens is 298 g/mol. The van der Waals surface area contributed by atoms with Gasteiger partial charge in [0.05, 0.1) is 20.8 Å². The zero-order chi connectivity index (χ0) is 15.4. The average molecular weight is 310 g/mol. The first kappa shape index (κ1) is 15.0. The molecule has 0 aliphatic rings. The minimum absolute atomic E-state index is 0.0562. The third-order valence-electron chi connectivity index (χ3n) is 2.74. The van der Waals surface area contributed by atoms with Crippen LogP contribution in [0.25, 0.3) is 0 Å². The third-order valence-corrected chi connectivity index (χ3v) is 2.99. The highest BCUT2D eigenvalue weighted by atomic mass is 35.5. The fourth-order valence-electron chi connectivity index (χ4n) is 1.72. The zero-order valence-electron chi connectivity index (χ0n) is 11.4. The zero-order valence-corrected chi connectivity index (χ0v) is 12.1. The van der Waals surface area contributed by atoms with E-state index in [1.54, 1.807) is 24.3 Å². The second-order valence-electron chi connectivity index (χ2n) is 4.05. The highest BCUT2D eigenvalue weighted by molar-refractivity contribution is 6.30. The lowest BCUT2D eigenvalue weighted by molar-refractivity contribution is 0.0544. The van der Waals surface area contributed by atoms with Gasteiger partial charge in [-0.3, -0.25) is 0 Å². The van der Waals surface area contributed by atoms with Crippen LogP contribution in [0.4, 0.5) is 0 Å². The fourth-order valence-corrected chi connectivity index (χ4v) is 1.85. The van der Waals surface area contributed by atoms with Gasteiger partial charge in [-0.25, -0.2) is 14.3 Å². The van der Waals surface area contributed by atoms with Crippen LogP contribution in [0.15, 0.2) is 24.3 Å². The molecule has 0 bridgehead atoms. The molecule has 0 fully saturated rings. The van der Waals surface area contributed by atoms with Crippen LogP contribution < -0.4 is 0 Å².